The van der Waals surface area contributed by atoms with Crippen molar-refractivity contribution >= 4 is 0 Å². The monoisotopic (exact) mass is 203 g/mol. The van der Waals surface area contributed by atoms with Gasteiger partial charge in [0.25, 0.3) is 0 Å². The van der Waals surface area contributed by atoms with Gasteiger partial charge >= 0.3 is 0 Å². The third-order valence-corrected chi connectivity index (χ3v) is 2.29. The fourth-order valence-electron chi connectivity index (χ4n) is 1.46. The van der Waals surface area contributed by atoms with Crippen LogP contribution < -0.4 is 4.74 Å². The maximum absolute atomic E-state index is 5.26. The predicted octanol–water partition coefficient (Wildman–Crippen LogP) is 2.91. The maximum Gasteiger partial charge on any atom is 0.137 e. The van der Waals surface area contributed by atoms with Gasteiger partial charge in [0.2, 0.25) is 0 Å². The number of aryl methyl sites for hydroxylation is 1. The summed E-state index contributed by atoms with van der Waals surface area (Å²) >= 11 is 0. The van der Waals surface area contributed by atoms with Crippen LogP contribution in [-0.4, -0.2) is 12.3 Å². The molecule has 3 nitrogen and oxygen atoms in total. The molecule has 0 N–H and O–H groups in total. The van der Waals surface area contributed by atoms with Gasteiger partial charge in [0.05, 0.1) is 7.11 Å². The van der Waals surface area contributed by atoms with Crippen LogP contribution in [0.4, 0.5) is 0 Å². The van der Waals surface area contributed by atoms with Gasteiger partial charge in [-0.2, -0.15) is 0 Å². The zero-order valence-electron chi connectivity index (χ0n) is 8.86. The van der Waals surface area contributed by atoms with Crippen molar-refractivity contribution in [2.24, 2.45) is 0 Å². The summed E-state index contributed by atoms with van der Waals surface area (Å²) in [7, 11) is 1.65. The fraction of sp³-hybridized carbons (Fsp3) is 0.250. The van der Waals surface area contributed by atoms with Crippen LogP contribution >= 0.6 is 0 Å². The first kappa shape index (κ1) is 9.77. The van der Waals surface area contributed by atoms with Gasteiger partial charge in [0, 0.05) is 18.1 Å². The molecule has 0 radical (unpaired) electrons. The molecule has 0 fully saturated rings. The molecule has 0 aliphatic rings. The molecule has 0 spiro atoms. The zero-order chi connectivity index (χ0) is 10.7. The van der Waals surface area contributed by atoms with Gasteiger partial charge in [-0.1, -0.05) is 24.2 Å². The highest BCUT2D eigenvalue weighted by Crippen LogP contribution is 2.28. The molecule has 2 aromatic rings. The van der Waals surface area contributed by atoms with Crippen LogP contribution in [0.15, 0.2) is 34.9 Å². The summed E-state index contributed by atoms with van der Waals surface area (Å²) in [5.41, 5.74) is 1.78. The fourth-order valence-corrected chi connectivity index (χ4v) is 1.46. The Kier molecular flexibility index (Phi) is 2.72. The molecule has 1 aromatic carbocycles. The molecule has 2 rings (SSSR count). The van der Waals surface area contributed by atoms with E-state index in [2.05, 4.69) is 5.16 Å². The lowest BCUT2D eigenvalue weighted by molar-refractivity contribution is 0.387. The van der Waals surface area contributed by atoms with Crippen molar-refractivity contribution in [2.75, 3.05) is 7.11 Å². The van der Waals surface area contributed by atoms with E-state index in [1.807, 2.05) is 37.3 Å². The van der Waals surface area contributed by atoms with Gasteiger partial charge in [-0.15, -0.1) is 0 Å². The minimum absolute atomic E-state index is 0.813. The molecule has 0 atom stereocenters. The van der Waals surface area contributed by atoms with Crippen molar-refractivity contribution < 1.29 is 9.26 Å². The lowest BCUT2D eigenvalue weighted by Gasteiger charge is -2.03. The van der Waals surface area contributed by atoms with Gasteiger partial charge in [0.1, 0.15) is 17.2 Å². The molecule has 0 unspecified atom stereocenters. The molecule has 0 saturated heterocycles. The molecule has 0 amide bonds. The number of aromatic nitrogens is 1. The van der Waals surface area contributed by atoms with Crippen molar-refractivity contribution in [1.29, 1.82) is 0 Å². The average molecular weight is 203 g/mol. The molecular weight excluding hydrogens is 190 g/mol. The van der Waals surface area contributed by atoms with Crippen LogP contribution in [0, 0.1) is 0 Å². The predicted molar refractivity (Wildman–Crippen MR) is 57.9 cm³/mol. The number of para-hydroxylation sites is 1. The summed E-state index contributed by atoms with van der Waals surface area (Å²) in [5, 5.41) is 4.01. The number of ether oxygens (including phenoxy) is 1. The Bertz CT molecular complexity index is 448. The SMILES string of the molecule is CCc1cc(-c2ccccc2OC)no1. The molecule has 1 heterocycles. The van der Waals surface area contributed by atoms with Crippen molar-refractivity contribution in [1.82, 2.24) is 5.16 Å². The highest BCUT2D eigenvalue weighted by molar-refractivity contribution is 5.66. The third kappa shape index (κ3) is 1.86. The first-order chi connectivity index (χ1) is 7.35. The van der Waals surface area contributed by atoms with Crippen LogP contribution in [-0.2, 0) is 6.42 Å². The molecule has 3 heteroatoms. The number of hydrogen-bond acceptors (Lipinski definition) is 3. The summed E-state index contributed by atoms with van der Waals surface area (Å²) in [6.07, 6.45) is 0.849. The van der Waals surface area contributed by atoms with E-state index >= 15 is 0 Å². The zero-order valence-corrected chi connectivity index (χ0v) is 8.86. The van der Waals surface area contributed by atoms with Crippen molar-refractivity contribution in [3.8, 4) is 17.0 Å². The minimum Gasteiger partial charge on any atom is -0.496 e. The summed E-state index contributed by atoms with van der Waals surface area (Å²) < 4.78 is 10.4. The van der Waals surface area contributed by atoms with Crippen LogP contribution in [0.5, 0.6) is 5.75 Å². The molecule has 15 heavy (non-hydrogen) atoms. The van der Waals surface area contributed by atoms with Gasteiger partial charge < -0.3 is 9.26 Å². The Hall–Kier alpha value is -1.77. The van der Waals surface area contributed by atoms with E-state index in [1.165, 1.54) is 0 Å². The standard InChI is InChI=1S/C12H13NO2/c1-3-9-8-11(13-15-9)10-6-4-5-7-12(10)14-2/h4-8H,3H2,1-2H3. The smallest absolute Gasteiger partial charge is 0.137 e. The third-order valence-electron chi connectivity index (χ3n) is 2.29. The minimum atomic E-state index is 0.813. The van der Waals surface area contributed by atoms with Crippen molar-refractivity contribution in [3.05, 3.63) is 36.1 Å². The van der Waals surface area contributed by atoms with E-state index in [0.717, 1.165) is 29.2 Å². The Morgan fingerprint density at radius 2 is 2.13 bits per heavy atom. The van der Waals surface area contributed by atoms with E-state index in [4.69, 9.17) is 9.26 Å². The second kappa shape index (κ2) is 4.17. The molecular formula is C12H13NO2. The van der Waals surface area contributed by atoms with Gasteiger partial charge in [-0.05, 0) is 12.1 Å². The number of rotatable bonds is 3. The lowest BCUT2D eigenvalue weighted by Crippen LogP contribution is -1.86. The average Bonchev–Trinajstić information content (AvgIpc) is 2.77. The summed E-state index contributed by atoms with van der Waals surface area (Å²) in [6.45, 7) is 2.03. The van der Waals surface area contributed by atoms with E-state index in [9.17, 15) is 0 Å². The highest BCUT2D eigenvalue weighted by Gasteiger charge is 2.09. The largest absolute Gasteiger partial charge is 0.496 e. The van der Waals surface area contributed by atoms with E-state index in [0.29, 0.717) is 0 Å². The highest BCUT2D eigenvalue weighted by atomic mass is 16.5. The number of nitrogens with zero attached hydrogens (tertiary/aromatic N) is 1. The molecule has 1 aromatic heterocycles. The van der Waals surface area contributed by atoms with Crippen molar-refractivity contribution in [3.63, 3.8) is 0 Å². The van der Waals surface area contributed by atoms with Gasteiger partial charge in [-0.25, -0.2) is 0 Å². The summed E-state index contributed by atoms with van der Waals surface area (Å²) in [5.74, 6) is 1.70. The summed E-state index contributed by atoms with van der Waals surface area (Å²) in [6, 6.07) is 9.71. The number of hydrogen-bond donors (Lipinski definition) is 0. The van der Waals surface area contributed by atoms with Gasteiger partial charge in [0.15, 0.2) is 0 Å². The van der Waals surface area contributed by atoms with E-state index < -0.39 is 0 Å². The lowest BCUT2D eigenvalue weighted by atomic mass is 10.1. The second-order valence-electron chi connectivity index (χ2n) is 3.23. The molecule has 0 bridgehead atoms. The second-order valence-corrected chi connectivity index (χ2v) is 3.23. The van der Waals surface area contributed by atoms with Crippen LogP contribution in [0.2, 0.25) is 0 Å². The quantitative estimate of drug-likeness (QED) is 0.769. The normalized spacial score (nSPS) is 10.3. The molecule has 78 valence electrons. The van der Waals surface area contributed by atoms with E-state index in [-0.39, 0.29) is 0 Å². The Morgan fingerprint density at radius 1 is 1.33 bits per heavy atom. The number of benzene rings is 1. The van der Waals surface area contributed by atoms with Crippen LogP contribution in [0.1, 0.15) is 12.7 Å². The molecule has 0 aliphatic heterocycles. The van der Waals surface area contributed by atoms with Crippen LogP contribution in [0.3, 0.4) is 0 Å². The van der Waals surface area contributed by atoms with E-state index in [1.54, 1.807) is 7.11 Å². The summed E-state index contributed by atoms with van der Waals surface area (Å²) in [4.78, 5) is 0. The Labute approximate surface area is 88.7 Å². The topological polar surface area (TPSA) is 35.3 Å². The Balaban J connectivity index is 2.44. The number of methoxy groups -OCH3 is 1. The maximum atomic E-state index is 5.26. The van der Waals surface area contributed by atoms with Crippen LogP contribution in [0.25, 0.3) is 11.3 Å². The molecule has 0 saturated carbocycles. The first-order valence-corrected chi connectivity index (χ1v) is 4.94. The Morgan fingerprint density at radius 3 is 2.80 bits per heavy atom. The van der Waals surface area contributed by atoms with Crippen molar-refractivity contribution in [2.45, 2.75) is 13.3 Å². The first-order valence-electron chi connectivity index (χ1n) is 4.94. The molecule has 0 aliphatic carbocycles. The van der Waals surface area contributed by atoms with Gasteiger partial charge in [-0.3, -0.25) is 0 Å².